The smallest absolute Gasteiger partial charge is 0.329 e. The molecule has 1 N–H and O–H groups in total. The first-order chi connectivity index (χ1) is 24.6. The van der Waals surface area contributed by atoms with Crippen molar-refractivity contribution in [1.29, 1.82) is 0 Å². The van der Waals surface area contributed by atoms with Gasteiger partial charge in [0.15, 0.2) is 5.82 Å². The first-order valence-corrected chi connectivity index (χ1v) is 17.8. The molecule has 7 rings (SSSR count). The van der Waals surface area contributed by atoms with Crippen LogP contribution in [0.4, 0.5) is 16.3 Å². The van der Waals surface area contributed by atoms with Gasteiger partial charge in [0, 0.05) is 88.5 Å². The lowest BCUT2D eigenvalue weighted by Crippen LogP contribution is -2.53. The number of fused-ring (bicyclic) bond motifs is 1. The van der Waals surface area contributed by atoms with Crippen LogP contribution in [0.3, 0.4) is 0 Å². The van der Waals surface area contributed by atoms with E-state index in [1.54, 1.807) is 30.7 Å². The van der Waals surface area contributed by atoms with Gasteiger partial charge in [-0.05, 0) is 75.2 Å². The van der Waals surface area contributed by atoms with E-state index in [9.17, 15) is 14.4 Å². The SMILES string of the molecule is COc1cc(-c2cn(C)c(=O)c(C)c2C)cc(OC)c1CN1CCC(N2CCN(c3cccc4c(N5CCC(=O)NC5=O)nn(C)c34)CC2)CC1. The highest BCUT2D eigenvalue weighted by atomic mass is 16.5. The van der Waals surface area contributed by atoms with Gasteiger partial charge in [0.2, 0.25) is 5.91 Å². The number of aromatic nitrogens is 3. The fraction of sp³-hybridized carbons (Fsp3) is 0.474. The number of aryl methyl sites for hydroxylation is 2. The number of ether oxygens (including phenoxy) is 2. The van der Waals surface area contributed by atoms with Crippen molar-refractivity contribution in [2.24, 2.45) is 14.1 Å². The Morgan fingerprint density at radius 3 is 2.22 bits per heavy atom. The molecule has 3 fully saturated rings. The summed E-state index contributed by atoms with van der Waals surface area (Å²) in [6, 6.07) is 10.4. The van der Waals surface area contributed by atoms with Crippen LogP contribution in [0.25, 0.3) is 22.0 Å². The van der Waals surface area contributed by atoms with E-state index in [0.29, 0.717) is 18.4 Å². The van der Waals surface area contributed by atoms with Crippen molar-refractivity contribution in [1.82, 2.24) is 29.5 Å². The number of piperazine rings is 1. The third-order valence-corrected chi connectivity index (χ3v) is 11.1. The minimum atomic E-state index is -0.421. The van der Waals surface area contributed by atoms with Crippen molar-refractivity contribution in [2.75, 3.05) is 69.8 Å². The van der Waals surface area contributed by atoms with Gasteiger partial charge < -0.3 is 18.9 Å². The Hall–Kier alpha value is -4.88. The number of nitrogens with one attached hydrogen (secondary N) is 1. The van der Waals surface area contributed by atoms with Crippen LogP contribution in [0.2, 0.25) is 0 Å². The van der Waals surface area contributed by atoms with Crippen LogP contribution in [-0.4, -0.2) is 102 Å². The highest BCUT2D eigenvalue weighted by Crippen LogP contribution is 2.38. The summed E-state index contributed by atoms with van der Waals surface area (Å²) in [5, 5.41) is 8.05. The Morgan fingerprint density at radius 2 is 1.57 bits per heavy atom. The average Bonchev–Trinajstić information content (AvgIpc) is 3.48. The molecule has 3 aliphatic heterocycles. The van der Waals surface area contributed by atoms with Crippen molar-refractivity contribution in [3.05, 3.63) is 63.6 Å². The number of piperidine rings is 1. The second kappa shape index (κ2) is 14.0. The van der Waals surface area contributed by atoms with Gasteiger partial charge in [-0.1, -0.05) is 6.07 Å². The molecule has 0 saturated carbocycles. The maximum absolute atomic E-state index is 12.6. The maximum Gasteiger partial charge on any atom is 0.329 e. The molecule has 0 radical (unpaired) electrons. The summed E-state index contributed by atoms with van der Waals surface area (Å²) < 4.78 is 15.3. The van der Waals surface area contributed by atoms with Gasteiger partial charge in [-0.25, -0.2) is 4.79 Å². The van der Waals surface area contributed by atoms with Gasteiger partial charge in [0.1, 0.15) is 11.5 Å². The lowest BCUT2D eigenvalue weighted by molar-refractivity contribution is -0.120. The lowest BCUT2D eigenvalue weighted by Gasteiger charge is -2.43. The average molecular weight is 697 g/mol. The molecule has 0 spiro atoms. The van der Waals surface area contributed by atoms with Crippen molar-refractivity contribution in [3.63, 3.8) is 0 Å². The number of carbonyl (C=O) groups is 2. The Bertz CT molecular complexity index is 2010. The number of carbonyl (C=O) groups excluding carboxylic acids is 2. The monoisotopic (exact) mass is 696 g/mol. The fourth-order valence-corrected chi connectivity index (χ4v) is 8.08. The molecule has 4 aromatic rings. The zero-order chi connectivity index (χ0) is 36.0. The number of pyridine rings is 1. The molecule has 3 aliphatic rings. The van der Waals surface area contributed by atoms with Crippen LogP contribution in [0.15, 0.2) is 41.3 Å². The van der Waals surface area contributed by atoms with E-state index in [1.807, 2.05) is 43.9 Å². The standard InChI is InChI=1S/C38H48N8O5/c1-24-25(2)37(48)41(3)22-29(24)26-20-32(50-5)30(33(21-26)51-6)23-43-13-10-27(11-14-43)44-16-18-45(19-17-44)31-9-7-8-28-35(31)42(4)40-36(28)46-15-12-34(47)39-38(46)49/h7-9,20-22,27H,10-19,23H2,1-6H3,(H,39,47,49). The summed E-state index contributed by atoms with van der Waals surface area (Å²) >= 11 is 0. The zero-order valence-electron chi connectivity index (χ0n) is 30.5. The summed E-state index contributed by atoms with van der Waals surface area (Å²) in [6.45, 7) is 10.7. The van der Waals surface area contributed by atoms with Crippen molar-refractivity contribution in [2.45, 2.75) is 45.7 Å². The molecule has 0 unspecified atom stereocenters. The molecule has 5 heterocycles. The van der Waals surface area contributed by atoms with Gasteiger partial charge in [-0.2, -0.15) is 5.10 Å². The Kier molecular flexibility index (Phi) is 9.51. The second-order valence-electron chi connectivity index (χ2n) is 14.0. The van der Waals surface area contributed by atoms with Gasteiger partial charge in [-0.15, -0.1) is 0 Å². The second-order valence-corrected chi connectivity index (χ2v) is 14.0. The molecule has 13 nitrogen and oxygen atoms in total. The Balaban J connectivity index is 0.993. The van der Waals surface area contributed by atoms with E-state index < -0.39 is 6.03 Å². The molecular weight excluding hydrogens is 648 g/mol. The molecule has 51 heavy (non-hydrogen) atoms. The topological polar surface area (TPSA) is 117 Å². The molecule has 0 aliphatic carbocycles. The van der Waals surface area contributed by atoms with E-state index in [1.165, 1.54) is 0 Å². The van der Waals surface area contributed by atoms with Crippen molar-refractivity contribution in [3.8, 4) is 22.6 Å². The molecule has 270 valence electrons. The quantitative estimate of drug-likeness (QED) is 0.294. The minimum absolute atomic E-state index is 0.0139. The summed E-state index contributed by atoms with van der Waals surface area (Å²) in [4.78, 5) is 46.0. The van der Waals surface area contributed by atoms with E-state index in [-0.39, 0.29) is 17.9 Å². The van der Waals surface area contributed by atoms with Crippen LogP contribution in [0.1, 0.15) is 36.0 Å². The number of benzene rings is 2. The molecule has 2 aromatic carbocycles. The van der Waals surface area contributed by atoms with Crippen LogP contribution in [0, 0.1) is 13.8 Å². The molecule has 3 amide bonds. The van der Waals surface area contributed by atoms with E-state index >= 15 is 0 Å². The number of imide groups is 1. The molecule has 3 saturated heterocycles. The highest BCUT2D eigenvalue weighted by Gasteiger charge is 2.32. The lowest BCUT2D eigenvalue weighted by atomic mass is 9.96. The number of nitrogens with zero attached hydrogens (tertiary/aromatic N) is 7. The van der Waals surface area contributed by atoms with Gasteiger partial charge in [0.05, 0.1) is 31.0 Å². The number of methoxy groups -OCH3 is 2. The van der Waals surface area contributed by atoms with Crippen LogP contribution in [0.5, 0.6) is 11.5 Å². The third kappa shape index (κ3) is 6.44. The first-order valence-electron chi connectivity index (χ1n) is 17.8. The summed E-state index contributed by atoms with van der Waals surface area (Å²) in [6.07, 6.45) is 4.35. The van der Waals surface area contributed by atoms with Crippen LogP contribution in [-0.2, 0) is 25.4 Å². The van der Waals surface area contributed by atoms with Crippen LogP contribution < -0.4 is 30.1 Å². The first kappa shape index (κ1) is 34.6. The number of rotatable bonds is 8. The summed E-state index contributed by atoms with van der Waals surface area (Å²) in [5.74, 6) is 1.92. The maximum atomic E-state index is 12.6. The molecular formula is C38H48N8O5. The number of para-hydroxylation sites is 1. The predicted octanol–water partition coefficient (Wildman–Crippen LogP) is 3.81. The number of amides is 3. The number of anilines is 2. The number of urea groups is 1. The van der Waals surface area contributed by atoms with Crippen molar-refractivity contribution < 1.29 is 19.1 Å². The largest absolute Gasteiger partial charge is 0.496 e. The number of hydrogen-bond donors (Lipinski definition) is 1. The molecule has 13 heteroatoms. The minimum Gasteiger partial charge on any atom is -0.496 e. The van der Waals surface area contributed by atoms with E-state index in [2.05, 4.69) is 38.2 Å². The summed E-state index contributed by atoms with van der Waals surface area (Å²) in [5.41, 5.74) is 6.83. The van der Waals surface area contributed by atoms with Crippen molar-refractivity contribution >= 4 is 34.3 Å². The zero-order valence-corrected chi connectivity index (χ0v) is 30.5. The Morgan fingerprint density at radius 1 is 0.882 bits per heavy atom. The molecule has 2 aromatic heterocycles. The normalized spacial score (nSPS) is 18.1. The Labute approximate surface area is 298 Å². The van der Waals surface area contributed by atoms with Gasteiger partial charge in [0.25, 0.3) is 5.56 Å². The van der Waals surface area contributed by atoms with Crippen LogP contribution >= 0.6 is 0 Å². The summed E-state index contributed by atoms with van der Waals surface area (Å²) in [7, 11) is 7.11. The number of hydrogen-bond acceptors (Lipinski definition) is 9. The predicted molar refractivity (Wildman–Crippen MR) is 198 cm³/mol. The highest BCUT2D eigenvalue weighted by molar-refractivity contribution is 6.10. The fourth-order valence-electron chi connectivity index (χ4n) is 8.08. The van der Waals surface area contributed by atoms with Gasteiger partial charge in [-0.3, -0.25) is 34.3 Å². The molecule has 0 bridgehead atoms. The third-order valence-electron chi connectivity index (χ3n) is 11.1. The van der Waals surface area contributed by atoms with E-state index in [4.69, 9.17) is 14.6 Å². The number of likely N-dealkylation sites (tertiary alicyclic amines) is 1. The van der Waals surface area contributed by atoms with E-state index in [0.717, 1.165) is 115 Å². The molecule has 0 atom stereocenters. The van der Waals surface area contributed by atoms with Gasteiger partial charge >= 0.3 is 6.03 Å².